The van der Waals surface area contributed by atoms with Crippen LogP contribution < -0.4 is 9.57 Å². The molecule has 19 heavy (non-hydrogen) atoms. The van der Waals surface area contributed by atoms with E-state index in [0.29, 0.717) is 40.7 Å². The summed E-state index contributed by atoms with van der Waals surface area (Å²) in [7, 11) is 3.19. The van der Waals surface area contributed by atoms with Crippen LogP contribution in [-0.2, 0) is 4.74 Å². The maximum Gasteiger partial charge on any atom is 0.208 e. The fourth-order valence-corrected chi connectivity index (χ4v) is 2.16. The summed E-state index contributed by atoms with van der Waals surface area (Å²) in [6.45, 7) is 3.13. The van der Waals surface area contributed by atoms with Gasteiger partial charge in [-0.15, -0.1) is 5.06 Å². The van der Waals surface area contributed by atoms with Gasteiger partial charge < -0.3 is 14.3 Å². The average Bonchev–Trinajstić information content (AvgIpc) is 2.36. The summed E-state index contributed by atoms with van der Waals surface area (Å²) >= 11 is 6.14. The molecular weight excluding hydrogens is 270 g/mol. The predicted molar refractivity (Wildman–Crippen MR) is 71.1 cm³/mol. The van der Waals surface area contributed by atoms with Gasteiger partial charge in [-0.2, -0.15) is 0 Å². The summed E-state index contributed by atoms with van der Waals surface area (Å²) < 4.78 is 10.5. The molecule has 1 aliphatic heterocycles. The second-order valence-corrected chi connectivity index (χ2v) is 4.76. The van der Waals surface area contributed by atoms with Crippen molar-refractivity contribution in [1.29, 1.82) is 0 Å². The number of carbonyl (C=O) groups is 1. The van der Waals surface area contributed by atoms with Gasteiger partial charge in [-0.25, -0.2) is 0 Å². The van der Waals surface area contributed by atoms with E-state index in [2.05, 4.69) is 0 Å². The van der Waals surface area contributed by atoms with Crippen molar-refractivity contribution in [3.8, 4) is 11.5 Å². The molecule has 104 valence electrons. The van der Waals surface area contributed by atoms with Crippen molar-refractivity contribution in [2.75, 3.05) is 27.3 Å². The molecule has 0 radical (unpaired) electrons. The molecule has 1 fully saturated rings. The molecule has 0 N–H and O–H groups in total. The summed E-state index contributed by atoms with van der Waals surface area (Å²) in [5.74, 6) is 0.914. The molecule has 0 bridgehead atoms. The molecule has 1 heterocycles. The number of hydroxylamine groups is 2. The number of ether oxygens (including phenoxy) is 2. The smallest absolute Gasteiger partial charge is 0.208 e. The Morgan fingerprint density at radius 3 is 2.58 bits per heavy atom. The summed E-state index contributed by atoms with van der Waals surface area (Å²) in [5.41, 5.74) is 1.20. The number of halogens is 1. The lowest BCUT2D eigenvalue weighted by Crippen LogP contribution is -2.53. The highest BCUT2D eigenvalue weighted by Gasteiger charge is 2.30. The van der Waals surface area contributed by atoms with Gasteiger partial charge in [0.25, 0.3) is 0 Å². The standard InChI is InChI=1S/C13H16ClNO4/c1-8-9(7-16)4-11(14)13(12(8)18-3)19-15-5-10(6-15)17-2/h4,7,10H,5-6H2,1-3H3. The van der Waals surface area contributed by atoms with E-state index in [9.17, 15) is 4.79 Å². The zero-order valence-corrected chi connectivity index (χ0v) is 11.9. The molecule has 0 aromatic heterocycles. The Morgan fingerprint density at radius 1 is 1.37 bits per heavy atom. The van der Waals surface area contributed by atoms with Crippen molar-refractivity contribution < 1.29 is 19.1 Å². The second-order valence-electron chi connectivity index (χ2n) is 4.35. The molecular formula is C13H16ClNO4. The topological polar surface area (TPSA) is 48.0 Å². The van der Waals surface area contributed by atoms with Crippen LogP contribution in [-0.4, -0.2) is 44.8 Å². The van der Waals surface area contributed by atoms with Crippen LogP contribution in [0.4, 0.5) is 0 Å². The third-order valence-electron chi connectivity index (χ3n) is 3.18. The number of hydrogen-bond acceptors (Lipinski definition) is 5. The zero-order chi connectivity index (χ0) is 14.0. The van der Waals surface area contributed by atoms with Gasteiger partial charge in [-0.05, 0) is 13.0 Å². The van der Waals surface area contributed by atoms with E-state index in [4.69, 9.17) is 25.9 Å². The Balaban J connectivity index is 2.24. The van der Waals surface area contributed by atoms with Crippen molar-refractivity contribution in [3.63, 3.8) is 0 Å². The van der Waals surface area contributed by atoms with Crippen molar-refractivity contribution in [2.24, 2.45) is 0 Å². The van der Waals surface area contributed by atoms with Crippen molar-refractivity contribution in [3.05, 3.63) is 22.2 Å². The van der Waals surface area contributed by atoms with Crippen LogP contribution in [0.5, 0.6) is 11.5 Å². The molecule has 0 amide bonds. The van der Waals surface area contributed by atoms with Gasteiger partial charge in [0, 0.05) is 18.2 Å². The van der Waals surface area contributed by atoms with E-state index >= 15 is 0 Å². The Hall–Kier alpha value is -1.30. The fourth-order valence-electron chi connectivity index (χ4n) is 1.93. The zero-order valence-electron chi connectivity index (χ0n) is 11.1. The maximum absolute atomic E-state index is 10.9. The summed E-state index contributed by atoms with van der Waals surface area (Å²) in [6.07, 6.45) is 0.929. The van der Waals surface area contributed by atoms with Gasteiger partial charge in [0.15, 0.2) is 12.0 Å². The third-order valence-corrected chi connectivity index (χ3v) is 3.46. The van der Waals surface area contributed by atoms with Crippen LogP contribution in [0.15, 0.2) is 6.07 Å². The van der Waals surface area contributed by atoms with Crippen LogP contribution in [0.25, 0.3) is 0 Å². The molecule has 1 aromatic rings. The van der Waals surface area contributed by atoms with Crippen LogP contribution in [0.2, 0.25) is 5.02 Å². The minimum atomic E-state index is 0.181. The highest BCUT2D eigenvalue weighted by atomic mass is 35.5. The lowest BCUT2D eigenvalue weighted by Gasteiger charge is -2.37. The Bertz CT molecular complexity index is 486. The number of benzene rings is 1. The maximum atomic E-state index is 10.9. The van der Waals surface area contributed by atoms with Crippen molar-refractivity contribution in [2.45, 2.75) is 13.0 Å². The minimum Gasteiger partial charge on any atom is -0.492 e. The summed E-state index contributed by atoms with van der Waals surface area (Å²) in [6, 6.07) is 1.58. The normalized spacial score (nSPS) is 16.0. The lowest BCUT2D eigenvalue weighted by molar-refractivity contribution is -0.176. The van der Waals surface area contributed by atoms with Crippen molar-refractivity contribution >= 4 is 17.9 Å². The first kappa shape index (κ1) is 14.1. The first-order chi connectivity index (χ1) is 9.10. The number of hydrogen-bond donors (Lipinski definition) is 0. The third kappa shape index (κ3) is 2.68. The molecule has 0 saturated carbocycles. The summed E-state index contributed by atoms with van der Waals surface area (Å²) in [5, 5.41) is 2.09. The fraction of sp³-hybridized carbons (Fsp3) is 0.462. The monoisotopic (exact) mass is 285 g/mol. The Labute approximate surface area is 116 Å². The number of methoxy groups -OCH3 is 2. The molecule has 5 nitrogen and oxygen atoms in total. The van der Waals surface area contributed by atoms with Gasteiger partial charge in [-0.1, -0.05) is 11.6 Å². The molecule has 6 heteroatoms. The van der Waals surface area contributed by atoms with Crippen LogP contribution >= 0.6 is 11.6 Å². The average molecular weight is 286 g/mol. The highest BCUT2D eigenvalue weighted by Crippen LogP contribution is 2.40. The number of rotatable bonds is 5. The van der Waals surface area contributed by atoms with Crippen LogP contribution in [0, 0.1) is 6.92 Å². The van der Waals surface area contributed by atoms with E-state index in [1.807, 2.05) is 0 Å². The van der Waals surface area contributed by atoms with Gasteiger partial charge in [-0.3, -0.25) is 4.79 Å². The van der Waals surface area contributed by atoms with Gasteiger partial charge in [0.05, 0.1) is 31.3 Å². The van der Waals surface area contributed by atoms with Crippen LogP contribution in [0.1, 0.15) is 15.9 Å². The predicted octanol–water partition coefficient (Wildman–Crippen LogP) is 2.09. The number of nitrogens with zero attached hydrogens (tertiary/aromatic N) is 1. The van der Waals surface area contributed by atoms with E-state index in [1.54, 1.807) is 25.2 Å². The quantitative estimate of drug-likeness (QED) is 0.775. The molecule has 1 saturated heterocycles. The van der Waals surface area contributed by atoms with Gasteiger partial charge >= 0.3 is 0 Å². The molecule has 1 aliphatic rings. The highest BCUT2D eigenvalue weighted by molar-refractivity contribution is 6.32. The Morgan fingerprint density at radius 2 is 2.05 bits per heavy atom. The van der Waals surface area contributed by atoms with E-state index in [1.165, 1.54) is 7.11 Å². The molecule has 1 aromatic carbocycles. The lowest BCUT2D eigenvalue weighted by atomic mass is 10.1. The number of carbonyl (C=O) groups excluding carboxylic acids is 1. The first-order valence-corrected chi connectivity index (χ1v) is 6.26. The molecule has 0 atom stereocenters. The SMILES string of the molecule is COc1c(C)c(C=O)cc(Cl)c1ON1CC(OC)C1. The minimum absolute atomic E-state index is 0.181. The summed E-state index contributed by atoms with van der Waals surface area (Å²) in [4.78, 5) is 16.6. The number of aldehydes is 1. The van der Waals surface area contributed by atoms with Gasteiger partial charge in [0.1, 0.15) is 0 Å². The Kier molecular flexibility index (Phi) is 4.29. The largest absolute Gasteiger partial charge is 0.492 e. The first-order valence-electron chi connectivity index (χ1n) is 5.88. The molecule has 0 unspecified atom stereocenters. The van der Waals surface area contributed by atoms with Crippen molar-refractivity contribution in [1.82, 2.24) is 5.06 Å². The second kappa shape index (κ2) is 5.77. The van der Waals surface area contributed by atoms with E-state index < -0.39 is 0 Å². The molecule has 2 rings (SSSR count). The molecule has 0 spiro atoms. The van der Waals surface area contributed by atoms with Gasteiger partial charge in [0.2, 0.25) is 5.75 Å². The van der Waals surface area contributed by atoms with E-state index in [-0.39, 0.29) is 6.10 Å². The van der Waals surface area contributed by atoms with Crippen LogP contribution in [0.3, 0.4) is 0 Å². The van der Waals surface area contributed by atoms with E-state index in [0.717, 1.165) is 6.29 Å². The molecule has 0 aliphatic carbocycles.